The van der Waals surface area contributed by atoms with Gasteiger partial charge in [0.05, 0.1) is 49.7 Å². The number of rotatable bonds is 12. The number of hydrogen-bond acceptors (Lipinski definition) is 8. The second kappa shape index (κ2) is 17.0. The Hall–Kier alpha value is -7.22. The van der Waals surface area contributed by atoms with Crippen molar-refractivity contribution in [3.05, 3.63) is 120 Å². The maximum Gasteiger partial charge on any atom is 0.407 e. The maximum absolute atomic E-state index is 14.0. The number of imidazole rings is 2. The molecule has 1 aliphatic carbocycles. The minimum absolute atomic E-state index is 0.111. The monoisotopic (exact) mass is 832 g/mol. The summed E-state index contributed by atoms with van der Waals surface area (Å²) in [5, 5.41) is 9.48. The Morgan fingerprint density at radius 1 is 0.839 bits per heavy atom. The summed E-state index contributed by atoms with van der Waals surface area (Å²) in [6, 6.07) is 31.6. The quantitative estimate of drug-likeness (QED) is 0.0954. The van der Waals surface area contributed by atoms with Gasteiger partial charge in [0.1, 0.15) is 24.2 Å². The molecule has 3 heterocycles. The molecule has 5 aromatic carbocycles. The fourth-order valence-corrected chi connectivity index (χ4v) is 9.35. The second-order valence-electron chi connectivity index (χ2n) is 16.1. The third kappa shape index (κ3) is 7.79. The van der Waals surface area contributed by atoms with Crippen molar-refractivity contribution in [3.63, 3.8) is 0 Å². The molecule has 0 unspecified atom stereocenters. The lowest BCUT2D eigenvalue weighted by atomic mass is 9.97. The maximum atomic E-state index is 14.0. The van der Waals surface area contributed by atoms with Crippen LogP contribution in [0.4, 0.5) is 9.59 Å². The van der Waals surface area contributed by atoms with Crippen LogP contribution in [0.1, 0.15) is 61.9 Å². The van der Waals surface area contributed by atoms with Crippen molar-refractivity contribution in [2.24, 2.45) is 5.92 Å². The first-order valence-corrected chi connectivity index (χ1v) is 21.0. The van der Waals surface area contributed by atoms with Crippen LogP contribution in [0.3, 0.4) is 0 Å². The van der Waals surface area contributed by atoms with Crippen LogP contribution in [0.15, 0.2) is 103 Å². The third-order valence-electron chi connectivity index (χ3n) is 12.3. The number of nitrogens with zero attached hydrogens (tertiary/aromatic N) is 4. The van der Waals surface area contributed by atoms with Gasteiger partial charge in [-0.1, -0.05) is 79.7 Å². The number of hydrogen-bond donors (Lipinski definition) is 4. The predicted molar refractivity (Wildman–Crippen MR) is 236 cm³/mol. The number of aromatic amines is 2. The van der Waals surface area contributed by atoms with E-state index in [9.17, 15) is 19.2 Å². The number of methoxy groups -OCH3 is 2. The molecule has 62 heavy (non-hydrogen) atoms. The zero-order valence-electron chi connectivity index (χ0n) is 34.8. The number of H-pyrrole nitrogens is 2. The summed E-state index contributed by atoms with van der Waals surface area (Å²) in [5.74, 6) is 1.36. The number of alkyl carbamates (subject to hydrolysis) is 2. The van der Waals surface area contributed by atoms with Gasteiger partial charge in [-0.05, 0) is 88.7 Å². The van der Waals surface area contributed by atoms with Crippen molar-refractivity contribution in [2.75, 3.05) is 27.3 Å². The lowest BCUT2D eigenvalue weighted by molar-refractivity contribution is -0.135. The summed E-state index contributed by atoms with van der Waals surface area (Å²) in [6.07, 6.45) is 4.20. The molecule has 2 aliphatic rings. The first kappa shape index (κ1) is 40.2. The smallest absolute Gasteiger partial charge is 0.407 e. The van der Waals surface area contributed by atoms with E-state index in [-0.39, 0.29) is 37.0 Å². The van der Waals surface area contributed by atoms with Gasteiger partial charge in [0.15, 0.2) is 0 Å². The molecule has 2 aromatic heterocycles. The largest absolute Gasteiger partial charge is 0.453 e. The van der Waals surface area contributed by atoms with E-state index in [1.807, 2.05) is 54.4 Å². The topological polar surface area (TPSA) is 175 Å². The van der Waals surface area contributed by atoms with E-state index >= 15 is 0 Å². The SMILES string of the molecule is CCCN(Cc1nc2c(ccc3cc(-c4ccc5cc(-c6cnc([C@@H]7[C@H]8CC[C@H](C8)N7C(=O)CNC(=O)OC)[nH]6)ccc5c4)ccc32)[nH]1)C(=O)[C@H](NC(=O)OC)c1ccccc1. The van der Waals surface area contributed by atoms with E-state index in [4.69, 9.17) is 14.7 Å². The molecule has 316 valence electrons. The predicted octanol–water partition coefficient (Wildman–Crippen LogP) is 8.17. The number of piperidine rings is 1. The van der Waals surface area contributed by atoms with Crippen LogP contribution in [-0.4, -0.2) is 87.1 Å². The molecule has 2 fully saturated rings. The average molecular weight is 833 g/mol. The standard InChI is InChI=1S/C48H48N8O6/c1-4-20-55(46(58)42(54-48(60)62-3)28-8-6-5-7-9-28)27-40-51-38-19-16-33-22-32(15-18-37(33)43(38)53-40)29-10-11-31-23-34(13-12-30(31)21-29)39-25-49-45(52-39)44-35-14-17-36(24-35)56(44)41(57)26-50-47(59)61-2/h5-13,15-16,18-19,21-23,25,35-36,42,44H,4,14,17,20,24,26-27H2,1-3H3,(H,49,52)(H,50,59)(H,51,53)(H,54,60)/t35-,36+,42+,44-/m0/s1. The van der Waals surface area contributed by atoms with Gasteiger partial charge < -0.3 is 39.9 Å². The number of ether oxygens (including phenoxy) is 2. The van der Waals surface area contributed by atoms with Crippen LogP contribution in [0.2, 0.25) is 0 Å². The van der Waals surface area contributed by atoms with Crippen LogP contribution >= 0.6 is 0 Å². The van der Waals surface area contributed by atoms with Gasteiger partial charge in [-0.3, -0.25) is 9.59 Å². The summed E-state index contributed by atoms with van der Waals surface area (Å²) in [6.45, 7) is 2.62. The highest BCUT2D eigenvalue weighted by Gasteiger charge is 2.49. The zero-order chi connectivity index (χ0) is 42.9. The number of nitrogens with one attached hydrogen (secondary N) is 4. The van der Waals surface area contributed by atoms with Gasteiger partial charge in [0.2, 0.25) is 11.8 Å². The normalized spacial score (nSPS) is 17.3. The summed E-state index contributed by atoms with van der Waals surface area (Å²) < 4.78 is 9.50. The third-order valence-corrected chi connectivity index (χ3v) is 12.3. The molecule has 7 aromatic rings. The highest BCUT2D eigenvalue weighted by atomic mass is 16.5. The Balaban J connectivity index is 0.925. The van der Waals surface area contributed by atoms with Crippen molar-refractivity contribution in [1.82, 2.24) is 40.4 Å². The lowest BCUT2D eigenvalue weighted by Gasteiger charge is -2.34. The van der Waals surface area contributed by atoms with Gasteiger partial charge in [-0.2, -0.15) is 0 Å². The van der Waals surface area contributed by atoms with E-state index in [0.717, 1.165) is 86.5 Å². The van der Waals surface area contributed by atoms with Crippen molar-refractivity contribution in [2.45, 2.75) is 57.3 Å². The molecule has 14 nitrogen and oxygen atoms in total. The van der Waals surface area contributed by atoms with Crippen LogP contribution in [0.5, 0.6) is 0 Å². The molecular formula is C48H48N8O6. The van der Waals surface area contributed by atoms with E-state index in [1.165, 1.54) is 14.2 Å². The van der Waals surface area contributed by atoms with Crippen LogP contribution in [0, 0.1) is 5.92 Å². The Morgan fingerprint density at radius 2 is 1.55 bits per heavy atom. The fraction of sp³-hybridized carbons (Fsp3) is 0.292. The van der Waals surface area contributed by atoms with Gasteiger partial charge in [-0.25, -0.2) is 19.6 Å². The van der Waals surface area contributed by atoms with Gasteiger partial charge in [-0.15, -0.1) is 0 Å². The van der Waals surface area contributed by atoms with Crippen LogP contribution < -0.4 is 10.6 Å². The number of likely N-dealkylation sites (tertiary alicyclic amines) is 1. The summed E-state index contributed by atoms with van der Waals surface area (Å²) >= 11 is 0. The highest BCUT2D eigenvalue weighted by Crippen LogP contribution is 2.49. The number of amides is 4. The fourth-order valence-electron chi connectivity index (χ4n) is 9.35. The molecule has 1 aliphatic heterocycles. The summed E-state index contributed by atoms with van der Waals surface area (Å²) in [4.78, 5) is 71.5. The molecule has 1 saturated carbocycles. The van der Waals surface area contributed by atoms with Gasteiger partial charge in [0, 0.05) is 23.5 Å². The average Bonchev–Trinajstić information content (AvgIpc) is 4.14. The molecular weight excluding hydrogens is 785 g/mol. The number of benzene rings is 5. The Bertz CT molecular complexity index is 2820. The Kier molecular flexibility index (Phi) is 11.0. The number of carbonyl (C=O) groups is 4. The van der Waals surface area contributed by atoms with Gasteiger partial charge in [0.25, 0.3) is 0 Å². The minimum Gasteiger partial charge on any atom is -0.453 e. The van der Waals surface area contributed by atoms with Crippen LogP contribution in [-0.2, 0) is 25.6 Å². The van der Waals surface area contributed by atoms with E-state index < -0.39 is 18.2 Å². The van der Waals surface area contributed by atoms with Gasteiger partial charge >= 0.3 is 12.2 Å². The van der Waals surface area contributed by atoms with Crippen molar-refractivity contribution >= 4 is 56.6 Å². The Labute approximate surface area is 358 Å². The first-order valence-electron chi connectivity index (χ1n) is 21.0. The molecule has 9 rings (SSSR count). The zero-order valence-corrected chi connectivity index (χ0v) is 34.8. The molecule has 4 N–H and O–H groups in total. The molecule has 2 bridgehead atoms. The summed E-state index contributed by atoms with van der Waals surface area (Å²) in [7, 11) is 2.56. The molecule has 1 saturated heterocycles. The number of fused-ring (bicyclic) bond motifs is 6. The van der Waals surface area contributed by atoms with Crippen molar-refractivity contribution < 1.29 is 28.7 Å². The molecule has 0 radical (unpaired) electrons. The van der Waals surface area contributed by atoms with Crippen molar-refractivity contribution in [1.29, 1.82) is 0 Å². The van der Waals surface area contributed by atoms with Crippen molar-refractivity contribution in [3.8, 4) is 22.4 Å². The van der Waals surface area contributed by atoms with Crippen LogP contribution in [0.25, 0.3) is 55.0 Å². The minimum atomic E-state index is -0.908. The summed E-state index contributed by atoms with van der Waals surface area (Å²) in [5.41, 5.74) is 6.41. The highest BCUT2D eigenvalue weighted by molar-refractivity contribution is 6.05. The molecule has 4 amide bonds. The van der Waals surface area contributed by atoms with E-state index in [0.29, 0.717) is 23.9 Å². The second-order valence-corrected chi connectivity index (χ2v) is 16.1. The number of aromatic nitrogens is 4. The molecule has 14 heteroatoms. The van der Waals surface area contributed by atoms with E-state index in [1.54, 1.807) is 4.90 Å². The molecule has 0 spiro atoms. The first-order chi connectivity index (χ1) is 30.2. The van der Waals surface area contributed by atoms with E-state index in [2.05, 4.69) is 86.0 Å². The number of carbonyl (C=O) groups excluding carboxylic acids is 4. The lowest BCUT2D eigenvalue weighted by Crippen LogP contribution is -2.45. The Morgan fingerprint density at radius 3 is 2.31 bits per heavy atom. The molecule has 4 atom stereocenters.